The summed E-state index contributed by atoms with van der Waals surface area (Å²) in [7, 11) is 0. The highest BCUT2D eigenvalue weighted by molar-refractivity contribution is 7.18. The monoisotopic (exact) mass is 244 g/mol. The molecule has 2 aromatic carbocycles. The van der Waals surface area contributed by atoms with E-state index < -0.39 is 0 Å². The molecule has 16 heavy (non-hydrogen) atoms. The van der Waals surface area contributed by atoms with E-state index in [1.165, 1.54) is 21.2 Å². The van der Waals surface area contributed by atoms with Crippen molar-refractivity contribution < 1.29 is 0 Å². The zero-order valence-electron chi connectivity index (χ0n) is 8.48. The van der Waals surface area contributed by atoms with Crippen LogP contribution in [0.3, 0.4) is 0 Å². The molecule has 2 heteroatoms. The van der Waals surface area contributed by atoms with Gasteiger partial charge in [0.05, 0.1) is 9.72 Å². The van der Waals surface area contributed by atoms with E-state index in [0.717, 1.165) is 5.02 Å². The molecule has 0 bridgehead atoms. The fraction of sp³-hybridized carbons (Fsp3) is 0. The van der Waals surface area contributed by atoms with Crippen LogP contribution in [0.1, 0.15) is 0 Å². The Hall–Kier alpha value is -1.31. The van der Waals surface area contributed by atoms with Crippen molar-refractivity contribution in [2.24, 2.45) is 0 Å². The van der Waals surface area contributed by atoms with Crippen molar-refractivity contribution in [1.82, 2.24) is 0 Å². The summed E-state index contributed by atoms with van der Waals surface area (Å²) >= 11 is 7.87. The molecule has 1 heterocycles. The van der Waals surface area contributed by atoms with Crippen molar-refractivity contribution in [3.63, 3.8) is 0 Å². The lowest BCUT2D eigenvalue weighted by molar-refractivity contribution is 1.69. The number of rotatable bonds is 1. The second-order valence-corrected chi connectivity index (χ2v) is 4.92. The topological polar surface area (TPSA) is 0 Å². The number of hydrogen-bond acceptors (Lipinski definition) is 1. The van der Waals surface area contributed by atoms with Gasteiger partial charge in [0.2, 0.25) is 0 Å². The van der Waals surface area contributed by atoms with Gasteiger partial charge in [0.25, 0.3) is 0 Å². The van der Waals surface area contributed by atoms with Crippen molar-refractivity contribution in [2.45, 2.75) is 0 Å². The zero-order valence-corrected chi connectivity index (χ0v) is 10.1. The van der Waals surface area contributed by atoms with E-state index in [9.17, 15) is 0 Å². The second-order valence-electron chi connectivity index (χ2n) is 3.63. The van der Waals surface area contributed by atoms with Crippen molar-refractivity contribution in [2.75, 3.05) is 0 Å². The Morgan fingerprint density at radius 2 is 1.69 bits per heavy atom. The third-order valence-electron chi connectivity index (χ3n) is 2.64. The third-order valence-corrected chi connectivity index (χ3v) is 4.09. The van der Waals surface area contributed by atoms with E-state index in [1.807, 2.05) is 18.2 Å². The summed E-state index contributed by atoms with van der Waals surface area (Å²) in [5, 5.41) is 4.25. The lowest BCUT2D eigenvalue weighted by Gasteiger charge is -1.99. The van der Waals surface area contributed by atoms with E-state index in [2.05, 4.69) is 35.7 Å². The lowest BCUT2D eigenvalue weighted by atomic mass is 10.1. The van der Waals surface area contributed by atoms with Gasteiger partial charge in [-0.15, -0.1) is 11.3 Å². The van der Waals surface area contributed by atoms with Crippen LogP contribution in [0.5, 0.6) is 0 Å². The normalized spacial score (nSPS) is 10.8. The predicted octanol–water partition coefficient (Wildman–Crippen LogP) is 5.22. The average molecular weight is 245 g/mol. The Kier molecular flexibility index (Phi) is 2.43. The van der Waals surface area contributed by atoms with Crippen molar-refractivity contribution in [3.05, 3.63) is 58.9 Å². The third kappa shape index (κ3) is 1.53. The maximum atomic E-state index is 6.17. The van der Waals surface area contributed by atoms with Crippen LogP contribution < -0.4 is 0 Å². The highest BCUT2D eigenvalue weighted by Crippen LogP contribution is 2.37. The summed E-state index contributed by atoms with van der Waals surface area (Å²) in [6, 6.07) is 16.5. The first-order valence-corrected chi connectivity index (χ1v) is 6.33. The van der Waals surface area contributed by atoms with Crippen molar-refractivity contribution >= 4 is 33.0 Å². The van der Waals surface area contributed by atoms with E-state index >= 15 is 0 Å². The molecule has 0 radical (unpaired) electrons. The van der Waals surface area contributed by atoms with Crippen LogP contribution in [-0.2, 0) is 0 Å². The molecule has 1 aromatic heterocycles. The largest absolute Gasteiger partial charge is 0.142 e. The Bertz CT molecular complexity index is 626. The molecule has 3 rings (SSSR count). The van der Waals surface area contributed by atoms with E-state index in [0.29, 0.717) is 0 Å². The fourth-order valence-electron chi connectivity index (χ4n) is 1.86. The molecule has 0 spiro atoms. The maximum Gasteiger partial charge on any atom is 0.0584 e. The summed E-state index contributed by atoms with van der Waals surface area (Å²) < 4.78 is 1.17. The molecule has 0 fully saturated rings. The summed E-state index contributed by atoms with van der Waals surface area (Å²) in [5.74, 6) is 0. The molecule has 3 aromatic rings. The molecule has 0 nitrogen and oxygen atoms in total. The number of thiophene rings is 1. The Morgan fingerprint density at radius 1 is 0.875 bits per heavy atom. The van der Waals surface area contributed by atoms with Gasteiger partial charge in [-0.1, -0.05) is 54.1 Å². The number of benzene rings is 2. The highest BCUT2D eigenvalue weighted by Gasteiger charge is 2.07. The molecule has 78 valence electrons. The van der Waals surface area contributed by atoms with Crippen LogP contribution in [0.2, 0.25) is 5.02 Å². The molecule has 0 N–H and O–H groups in total. The molecule has 0 amide bonds. The zero-order chi connectivity index (χ0) is 11.0. The van der Waals surface area contributed by atoms with Gasteiger partial charge in [-0.25, -0.2) is 0 Å². The van der Waals surface area contributed by atoms with Gasteiger partial charge < -0.3 is 0 Å². The molecule has 0 atom stereocenters. The minimum absolute atomic E-state index is 0.838. The van der Waals surface area contributed by atoms with Crippen LogP contribution in [0.25, 0.3) is 21.2 Å². The Labute approximate surface area is 103 Å². The highest BCUT2D eigenvalue weighted by atomic mass is 35.5. The first-order valence-electron chi connectivity index (χ1n) is 5.07. The number of hydrogen-bond donors (Lipinski definition) is 0. The number of fused-ring (bicyclic) bond motifs is 1. The predicted molar refractivity (Wildman–Crippen MR) is 72.3 cm³/mol. The summed E-state index contributed by atoms with van der Waals surface area (Å²) in [6.45, 7) is 0. The van der Waals surface area contributed by atoms with Crippen molar-refractivity contribution in [1.29, 1.82) is 0 Å². The minimum atomic E-state index is 0.838. The van der Waals surface area contributed by atoms with Crippen LogP contribution in [-0.4, -0.2) is 0 Å². The maximum absolute atomic E-state index is 6.17. The van der Waals surface area contributed by atoms with Gasteiger partial charge in [-0.3, -0.25) is 0 Å². The molecule has 0 aliphatic carbocycles. The Balaban J connectivity index is 2.30. The van der Waals surface area contributed by atoms with E-state index in [4.69, 9.17) is 11.6 Å². The summed E-state index contributed by atoms with van der Waals surface area (Å²) in [5.41, 5.74) is 2.51. The Morgan fingerprint density at radius 3 is 2.50 bits per heavy atom. The lowest BCUT2D eigenvalue weighted by Crippen LogP contribution is -1.73. The first-order chi connectivity index (χ1) is 7.86. The molecule has 0 saturated carbocycles. The minimum Gasteiger partial charge on any atom is -0.142 e. The standard InChI is InChI=1S/C14H9ClS/c15-13-8-4-7-11-12(9-16-14(11)13)10-5-2-1-3-6-10/h1-9H. The molecule has 0 unspecified atom stereocenters. The second kappa shape index (κ2) is 3.93. The molecular formula is C14H9ClS. The van der Waals surface area contributed by atoms with Gasteiger partial charge in [-0.2, -0.15) is 0 Å². The molecule has 0 saturated heterocycles. The fourth-order valence-corrected chi connectivity index (χ4v) is 3.16. The van der Waals surface area contributed by atoms with E-state index in [-0.39, 0.29) is 0 Å². The van der Waals surface area contributed by atoms with Gasteiger partial charge in [0, 0.05) is 10.9 Å². The van der Waals surface area contributed by atoms with Crippen LogP contribution in [0.15, 0.2) is 53.9 Å². The van der Waals surface area contributed by atoms with Gasteiger partial charge >= 0.3 is 0 Å². The van der Waals surface area contributed by atoms with Crippen LogP contribution >= 0.6 is 22.9 Å². The SMILES string of the molecule is Clc1cccc2c(-c3ccccc3)csc12. The van der Waals surface area contributed by atoms with Gasteiger partial charge in [0.1, 0.15) is 0 Å². The quantitative estimate of drug-likeness (QED) is 0.550. The molecule has 0 aliphatic heterocycles. The number of halogens is 1. The summed E-state index contributed by atoms with van der Waals surface area (Å²) in [4.78, 5) is 0. The first kappa shape index (κ1) is 9.88. The average Bonchev–Trinajstić information content (AvgIpc) is 2.75. The summed E-state index contributed by atoms with van der Waals surface area (Å²) in [6.07, 6.45) is 0. The molecular weight excluding hydrogens is 236 g/mol. The van der Waals surface area contributed by atoms with Crippen molar-refractivity contribution in [3.8, 4) is 11.1 Å². The smallest absolute Gasteiger partial charge is 0.0584 e. The van der Waals surface area contributed by atoms with Gasteiger partial charge in [-0.05, 0) is 17.0 Å². The molecule has 0 aliphatic rings. The van der Waals surface area contributed by atoms with E-state index in [1.54, 1.807) is 11.3 Å². The van der Waals surface area contributed by atoms with Crippen LogP contribution in [0.4, 0.5) is 0 Å². The van der Waals surface area contributed by atoms with Crippen LogP contribution in [0, 0.1) is 0 Å². The van der Waals surface area contributed by atoms with Gasteiger partial charge in [0.15, 0.2) is 0 Å².